The third-order valence-corrected chi connectivity index (χ3v) is 3.15. The Morgan fingerprint density at radius 1 is 1.44 bits per heavy atom. The molecule has 0 aliphatic rings. The monoisotopic (exact) mass is 263 g/mol. The third-order valence-electron chi connectivity index (χ3n) is 2.16. The fourth-order valence-corrected chi connectivity index (χ4v) is 1.97. The maximum Gasteiger partial charge on any atom is 0.242 e. The molecule has 1 aromatic heterocycles. The van der Waals surface area contributed by atoms with E-state index in [1.165, 1.54) is 11.3 Å². The molecular formula is C10H18ClN3OS. The standard InChI is InChI=1S/C10H17N3OS.ClH/c1-5(2)8(11)9(14)13-10-6(3)12-7(4)15-10;/h5,8H,11H2,1-4H3,(H,13,14);1H/t8-;/m0./s1. The maximum atomic E-state index is 11.7. The maximum absolute atomic E-state index is 11.7. The first-order valence-electron chi connectivity index (χ1n) is 4.92. The highest BCUT2D eigenvalue weighted by Crippen LogP contribution is 2.23. The number of thiazole rings is 1. The summed E-state index contributed by atoms with van der Waals surface area (Å²) >= 11 is 1.47. The topological polar surface area (TPSA) is 68.0 Å². The average Bonchev–Trinajstić information content (AvgIpc) is 2.43. The van der Waals surface area contributed by atoms with E-state index in [0.29, 0.717) is 0 Å². The van der Waals surface area contributed by atoms with Gasteiger partial charge in [-0.1, -0.05) is 13.8 Å². The Morgan fingerprint density at radius 2 is 2.00 bits per heavy atom. The Kier molecular flexibility index (Phi) is 5.92. The van der Waals surface area contributed by atoms with E-state index < -0.39 is 6.04 Å². The molecule has 0 spiro atoms. The number of carbonyl (C=O) groups is 1. The van der Waals surface area contributed by atoms with Crippen molar-refractivity contribution in [2.24, 2.45) is 11.7 Å². The molecule has 0 aliphatic heterocycles. The van der Waals surface area contributed by atoms with Gasteiger partial charge in [0.25, 0.3) is 0 Å². The van der Waals surface area contributed by atoms with Gasteiger partial charge >= 0.3 is 0 Å². The molecule has 16 heavy (non-hydrogen) atoms. The molecule has 4 nitrogen and oxygen atoms in total. The van der Waals surface area contributed by atoms with Gasteiger partial charge in [0.05, 0.1) is 16.7 Å². The fourth-order valence-electron chi connectivity index (χ4n) is 1.15. The molecule has 92 valence electrons. The number of aromatic nitrogens is 1. The zero-order chi connectivity index (χ0) is 11.6. The highest BCUT2D eigenvalue weighted by molar-refractivity contribution is 7.16. The lowest BCUT2D eigenvalue weighted by molar-refractivity contribution is -0.118. The minimum atomic E-state index is -0.466. The summed E-state index contributed by atoms with van der Waals surface area (Å²) < 4.78 is 0. The second-order valence-corrected chi connectivity index (χ2v) is 5.11. The quantitative estimate of drug-likeness (QED) is 0.878. The summed E-state index contributed by atoms with van der Waals surface area (Å²) in [6.07, 6.45) is 0. The van der Waals surface area contributed by atoms with E-state index in [4.69, 9.17) is 5.73 Å². The van der Waals surface area contributed by atoms with Crippen molar-refractivity contribution in [2.45, 2.75) is 33.7 Å². The van der Waals surface area contributed by atoms with Crippen LogP contribution >= 0.6 is 23.7 Å². The van der Waals surface area contributed by atoms with Gasteiger partial charge in [-0.25, -0.2) is 4.98 Å². The molecule has 1 amide bonds. The van der Waals surface area contributed by atoms with E-state index in [9.17, 15) is 4.79 Å². The van der Waals surface area contributed by atoms with Gasteiger partial charge in [-0.05, 0) is 19.8 Å². The average molecular weight is 264 g/mol. The van der Waals surface area contributed by atoms with Crippen molar-refractivity contribution in [3.63, 3.8) is 0 Å². The van der Waals surface area contributed by atoms with Gasteiger partial charge in [-0.3, -0.25) is 4.79 Å². The van der Waals surface area contributed by atoms with Crippen molar-refractivity contribution in [2.75, 3.05) is 5.32 Å². The summed E-state index contributed by atoms with van der Waals surface area (Å²) in [5.74, 6) is -0.00363. The number of hydrogen-bond donors (Lipinski definition) is 2. The molecule has 6 heteroatoms. The second kappa shape index (κ2) is 6.18. The van der Waals surface area contributed by atoms with Crippen LogP contribution in [0.4, 0.5) is 5.00 Å². The molecule has 3 N–H and O–H groups in total. The molecule has 0 aliphatic carbocycles. The number of nitrogens with two attached hydrogens (primary N) is 1. The number of nitrogens with zero attached hydrogens (tertiary/aromatic N) is 1. The Morgan fingerprint density at radius 3 is 2.38 bits per heavy atom. The van der Waals surface area contributed by atoms with Gasteiger partial charge in [0.15, 0.2) is 0 Å². The van der Waals surface area contributed by atoms with E-state index in [1.54, 1.807) is 0 Å². The van der Waals surface area contributed by atoms with Crippen LogP contribution in [0.25, 0.3) is 0 Å². The predicted molar refractivity (Wildman–Crippen MR) is 70.3 cm³/mol. The summed E-state index contributed by atoms with van der Waals surface area (Å²) in [6, 6.07) is -0.466. The number of rotatable bonds is 3. The van der Waals surface area contributed by atoms with Crippen LogP contribution in [0.2, 0.25) is 0 Å². The van der Waals surface area contributed by atoms with E-state index in [1.807, 2.05) is 27.7 Å². The number of hydrogen-bond acceptors (Lipinski definition) is 4. The van der Waals surface area contributed by atoms with Crippen molar-refractivity contribution in [3.8, 4) is 0 Å². The number of halogens is 1. The van der Waals surface area contributed by atoms with Crippen LogP contribution in [0.5, 0.6) is 0 Å². The lowest BCUT2D eigenvalue weighted by Gasteiger charge is -2.14. The summed E-state index contributed by atoms with van der Waals surface area (Å²) in [7, 11) is 0. The van der Waals surface area contributed by atoms with Crippen molar-refractivity contribution in [1.82, 2.24) is 4.98 Å². The van der Waals surface area contributed by atoms with Crippen LogP contribution in [0.1, 0.15) is 24.5 Å². The van der Waals surface area contributed by atoms with Crippen molar-refractivity contribution >= 4 is 34.7 Å². The minimum absolute atomic E-state index is 0. The van der Waals surface area contributed by atoms with E-state index in [-0.39, 0.29) is 24.2 Å². The molecule has 0 radical (unpaired) electrons. The van der Waals surface area contributed by atoms with Crippen molar-refractivity contribution in [1.29, 1.82) is 0 Å². The number of carbonyl (C=O) groups excluding carboxylic acids is 1. The molecular weight excluding hydrogens is 246 g/mol. The highest BCUT2D eigenvalue weighted by atomic mass is 35.5. The Hall–Kier alpha value is -0.650. The molecule has 0 bridgehead atoms. The Balaban J connectivity index is 0.00000225. The van der Waals surface area contributed by atoms with Crippen LogP contribution in [-0.4, -0.2) is 16.9 Å². The van der Waals surface area contributed by atoms with Gasteiger partial charge in [-0.2, -0.15) is 0 Å². The predicted octanol–water partition coefficient (Wildman–Crippen LogP) is 2.10. The summed E-state index contributed by atoms with van der Waals surface area (Å²) in [5.41, 5.74) is 6.59. The molecule has 0 saturated heterocycles. The zero-order valence-electron chi connectivity index (χ0n) is 9.90. The lowest BCUT2D eigenvalue weighted by atomic mass is 10.1. The van der Waals surface area contributed by atoms with Crippen molar-refractivity contribution in [3.05, 3.63) is 10.7 Å². The van der Waals surface area contributed by atoms with E-state index in [0.717, 1.165) is 15.7 Å². The molecule has 0 unspecified atom stereocenters. The minimum Gasteiger partial charge on any atom is -0.320 e. The lowest BCUT2D eigenvalue weighted by Crippen LogP contribution is -2.39. The van der Waals surface area contributed by atoms with Crippen LogP contribution in [0.15, 0.2) is 0 Å². The van der Waals surface area contributed by atoms with E-state index in [2.05, 4.69) is 10.3 Å². The first-order valence-corrected chi connectivity index (χ1v) is 5.74. The summed E-state index contributed by atoms with van der Waals surface area (Å²) in [6.45, 7) is 7.64. The fraction of sp³-hybridized carbons (Fsp3) is 0.600. The third kappa shape index (κ3) is 3.73. The first kappa shape index (κ1) is 15.3. The molecule has 0 saturated carbocycles. The van der Waals surface area contributed by atoms with Gasteiger partial charge < -0.3 is 11.1 Å². The van der Waals surface area contributed by atoms with Gasteiger partial charge in [-0.15, -0.1) is 23.7 Å². The van der Waals surface area contributed by atoms with Crippen LogP contribution in [0, 0.1) is 19.8 Å². The molecule has 0 fully saturated rings. The normalized spacial score (nSPS) is 12.1. The molecule has 1 aromatic rings. The van der Waals surface area contributed by atoms with Gasteiger partial charge in [0.1, 0.15) is 5.00 Å². The first-order chi connectivity index (χ1) is 6.91. The Bertz CT molecular complexity index is 365. The number of nitrogens with one attached hydrogen (secondary N) is 1. The summed E-state index contributed by atoms with van der Waals surface area (Å²) in [4.78, 5) is 15.9. The zero-order valence-corrected chi connectivity index (χ0v) is 11.5. The Labute approximate surface area is 106 Å². The smallest absolute Gasteiger partial charge is 0.242 e. The molecule has 1 rings (SSSR count). The number of amides is 1. The number of anilines is 1. The van der Waals surface area contributed by atoms with Crippen LogP contribution < -0.4 is 11.1 Å². The van der Waals surface area contributed by atoms with Crippen LogP contribution in [-0.2, 0) is 4.79 Å². The molecule has 0 aromatic carbocycles. The summed E-state index contributed by atoms with van der Waals surface area (Å²) in [5, 5.41) is 4.55. The molecule has 1 heterocycles. The second-order valence-electron chi connectivity index (χ2n) is 3.91. The SMILES string of the molecule is Cc1nc(C)c(NC(=O)[C@@H](N)C(C)C)s1.Cl. The van der Waals surface area contributed by atoms with E-state index >= 15 is 0 Å². The largest absolute Gasteiger partial charge is 0.320 e. The number of aryl methyl sites for hydroxylation is 2. The van der Waals surface area contributed by atoms with Gasteiger partial charge in [0.2, 0.25) is 5.91 Å². The van der Waals surface area contributed by atoms with Gasteiger partial charge in [0, 0.05) is 0 Å². The highest BCUT2D eigenvalue weighted by Gasteiger charge is 2.18. The molecule has 1 atom stereocenters. The van der Waals surface area contributed by atoms with Crippen LogP contribution in [0.3, 0.4) is 0 Å². The van der Waals surface area contributed by atoms with Crippen molar-refractivity contribution < 1.29 is 4.79 Å².